The van der Waals surface area contributed by atoms with Gasteiger partial charge in [0.2, 0.25) is 0 Å². The molecule has 2 aromatic rings. The average molecular weight is 397 g/mol. The summed E-state index contributed by atoms with van der Waals surface area (Å²) in [6.07, 6.45) is 0. The molecule has 0 aliphatic heterocycles. The van der Waals surface area contributed by atoms with E-state index in [4.69, 9.17) is 0 Å². The van der Waals surface area contributed by atoms with Crippen LogP contribution in [0.4, 0.5) is 10.5 Å². The second-order valence-electron chi connectivity index (χ2n) is 7.26. The van der Waals surface area contributed by atoms with Gasteiger partial charge in [0.25, 0.3) is 11.8 Å². The number of likely N-dealkylation sites (N-methyl/N-ethyl adjacent to an activating group) is 1. The molecule has 0 aliphatic rings. The van der Waals surface area contributed by atoms with E-state index in [1.807, 2.05) is 63.2 Å². The van der Waals surface area contributed by atoms with Crippen molar-refractivity contribution in [1.29, 1.82) is 0 Å². The molecule has 2 atom stereocenters. The maximum atomic E-state index is 12.7. The highest BCUT2D eigenvalue weighted by Gasteiger charge is 2.31. The summed E-state index contributed by atoms with van der Waals surface area (Å²) in [5.41, 5.74) is 4.63. The number of quaternary nitrogens is 1. The molecule has 29 heavy (non-hydrogen) atoms. The minimum absolute atomic E-state index is 0.0630. The highest BCUT2D eigenvalue weighted by Crippen LogP contribution is 2.21. The Morgan fingerprint density at radius 2 is 1.59 bits per heavy atom. The van der Waals surface area contributed by atoms with Gasteiger partial charge in [-0.3, -0.25) is 14.9 Å². The summed E-state index contributed by atoms with van der Waals surface area (Å²) in [6.45, 7) is 5.98. The van der Waals surface area contributed by atoms with Crippen LogP contribution in [0.5, 0.6) is 0 Å². The van der Waals surface area contributed by atoms with Gasteiger partial charge in [-0.05, 0) is 31.9 Å². The fraction of sp³-hybridized carbons (Fsp3) is 0.318. The zero-order chi connectivity index (χ0) is 21.6. The number of amides is 4. The van der Waals surface area contributed by atoms with E-state index in [0.717, 1.165) is 27.9 Å². The molecule has 0 radical (unpaired) electrons. The smallest absolute Gasteiger partial charge is 0.321 e. The first-order chi connectivity index (χ1) is 13.7. The molecule has 0 heterocycles. The molecule has 0 bridgehead atoms. The third kappa shape index (κ3) is 5.89. The second-order valence-corrected chi connectivity index (χ2v) is 7.26. The van der Waals surface area contributed by atoms with Crippen molar-refractivity contribution in [2.45, 2.75) is 26.8 Å². The Hall–Kier alpha value is -3.19. The van der Waals surface area contributed by atoms with Gasteiger partial charge in [0.1, 0.15) is 0 Å². The van der Waals surface area contributed by atoms with E-state index in [0.29, 0.717) is 4.90 Å². The van der Waals surface area contributed by atoms with Crippen molar-refractivity contribution in [1.82, 2.24) is 10.6 Å². The van der Waals surface area contributed by atoms with Gasteiger partial charge in [-0.2, -0.15) is 0 Å². The summed E-state index contributed by atoms with van der Waals surface area (Å²) >= 11 is 0. The fourth-order valence-electron chi connectivity index (χ4n) is 3.47. The first kappa shape index (κ1) is 22.1. The molecule has 7 nitrogen and oxygen atoms in total. The SMILES string of the molecule is CNC(=O)NC(=O)[C@@H](c1ccccc1)[NH+](C)CC(=O)Nc1c(C)cc(C)cc1C. The van der Waals surface area contributed by atoms with Crippen LogP contribution in [-0.4, -0.2) is 38.5 Å². The highest BCUT2D eigenvalue weighted by atomic mass is 16.2. The van der Waals surface area contributed by atoms with E-state index >= 15 is 0 Å². The first-order valence-corrected chi connectivity index (χ1v) is 9.50. The zero-order valence-corrected chi connectivity index (χ0v) is 17.6. The van der Waals surface area contributed by atoms with Crippen LogP contribution in [0.25, 0.3) is 0 Å². The molecule has 0 fully saturated rings. The van der Waals surface area contributed by atoms with Gasteiger partial charge in [0.15, 0.2) is 12.6 Å². The number of rotatable bonds is 6. The molecule has 0 saturated heterocycles. The minimum atomic E-state index is -0.709. The molecule has 2 rings (SSSR count). The van der Waals surface area contributed by atoms with Crippen LogP contribution in [0.3, 0.4) is 0 Å². The molecular weight excluding hydrogens is 368 g/mol. The molecule has 0 aromatic heterocycles. The number of hydrogen-bond acceptors (Lipinski definition) is 3. The van der Waals surface area contributed by atoms with Gasteiger partial charge in [0, 0.05) is 18.3 Å². The van der Waals surface area contributed by atoms with Gasteiger partial charge < -0.3 is 15.5 Å². The van der Waals surface area contributed by atoms with Gasteiger partial charge >= 0.3 is 6.03 Å². The number of benzene rings is 2. The van der Waals surface area contributed by atoms with E-state index in [-0.39, 0.29) is 12.5 Å². The normalized spacial score (nSPS) is 12.6. The average Bonchev–Trinajstić information content (AvgIpc) is 2.65. The maximum Gasteiger partial charge on any atom is 0.321 e. The van der Waals surface area contributed by atoms with Crippen molar-refractivity contribution in [2.24, 2.45) is 0 Å². The third-order valence-corrected chi connectivity index (χ3v) is 4.73. The van der Waals surface area contributed by atoms with Gasteiger partial charge in [-0.1, -0.05) is 48.0 Å². The zero-order valence-electron chi connectivity index (χ0n) is 17.6. The van der Waals surface area contributed by atoms with Crippen molar-refractivity contribution in [3.05, 3.63) is 64.7 Å². The predicted octanol–water partition coefficient (Wildman–Crippen LogP) is 1.26. The Labute approximate surface area is 171 Å². The molecule has 0 spiro atoms. The lowest BCUT2D eigenvalue weighted by atomic mass is 10.0. The number of carbonyl (C=O) groups excluding carboxylic acids is 3. The van der Waals surface area contributed by atoms with Crippen LogP contribution in [0, 0.1) is 20.8 Å². The highest BCUT2D eigenvalue weighted by molar-refractivity contribution is 5.97. The number of urea groups is 1. The standard InChI is InChI=1S/C22H28N4O3/c1-14-11-15(2)19(16(3)12-14)24-18(27)13-26(5)20(17-9-7-6-8-10-17)21(28)25-22(29)23-4/h6-12,20H,13H2,1-5H3,(H,24,27)(H2,23,25,28,29)/p+1/t20-/m1/s1. The van der Waals surface area contributed by atoms with Crippen LogP contribution >= 0.6 is 0 Å². The molecule has 7 heteroatoms. The number of hydrogen-bond donors (Lipinski definition) is 4. The molecule has 0 aliphatic carbocycles. The summed E-state index contributed by atoms with van der Waals surface area (Å²) in [5, 5.41) is 7.65. The Balaban J connectivity index is 2.19. The number of carbonyl (C=O) groups is 3. The quantitative estimate of drug-likeness (QED) is 0.591. The van der Waals surface area contributed by atoms with Crippen molar-refractivity contribution < 1.29 is 19.3 Å². The minimum Gasteiger partial charge on any atom is -0.341 e. The molecule has 2 aromatic carbocycles. The van der Waals surface area contributed by atoms with Crippen molar-refractivity contribution in [3.63, 3.8) is 0 Å². The van der Waals surface area contributed by atoms with E-state index in [1.165, 1.54) is 7.05 Å². The molecule has 4 N–H and O–H groups in total. The predicted molar refractivity (Wildman–Crippen MR) is 113 cm³/mol. The number of nitrogens with one attached hydrogen (secondary N) is 4. The summed E-state index contributed by atoms with van der Waals surface area (Å²) in [5.74, 6) is -0.672. The molecule has 4 amide bonds. The molecular formula is C22H29N4O3+. The van der Waals surface area contributed by atoms with Crippen LogP contribution in [-0.2, 0) is 9.59 Å². The Morgan fingerprint density at radius 1 is 1.00 bits per heavy atom. The summed E-state index contributed by atoms with van der Waals surface area (Å²) < 4.78 is 0. The monoisotopic (exact) mass is 397 g/mol. The van der Waals surface area contributed by atoms with Crippen molar-refractivity contribution in [3.8, 4) is 0 Å². The number of imide groups is 1. The van der Waals surface area contributed by atoms with Crippen LogP contribution < -0.4 is 20.9 Å². The lowest BCUT2D eigenvalue weighted by Crippen LogP contribution is -3.11. The van der Waals surface area contributed by atoms with E-state index in [2.05, 4.69) is 16.0 Å². The second kappa shape index (κ2) is 9.84. The van der Waals surface area contributed by atoms with Gasteiger partial charge in [0.05, 0.1) is 7.05 Å². The Morgan fingerprint density at radius 3 is 2.14 bits per heavy atom. The third-order valence-electron chi connectivity index (χ3n) is 4.73. The van der Waals surface area contributed by atoms with Crippen LogP contribution in [0.15, 0.2) is 42.5 Å². The Kier molecular flexibility index (Phi) is 7.50. The molecule has 0 saturated carbocycles. The van der Waals surface area contributed by atoms with Crippen molar-refractivity contribution in [2.75, 3.05) is 26.0 Å². The molecule has 1 unspecified atom stereocenters. The Bertz CT molecular complexity index is 873. The summed E-state index contributed by atoms with van der Waals surface area (Å²) in [6, 6.07) is 11.9. The molecule has 154 valence electrons. The first-order valence-electron chi connectivity index (χ1n) is 9.50. The summed E-state index contributed by atoms with van der Waals surface area (Å²) in [7, 11) is 3.20. The van der Waals surface area contributed by atoms with E-state index in [9.17, 15) is 14.4 Å². The van der Waals surface area contributed by atoms with Crippen molar-refractivity contribution >= 4 is 23.5 Å². The topological polar surface area (TPSA) is 91.7 Å². The maximum absolute atomic E-state index is 12.7. The van der Waals surface area contributed by atoms with Crippen LogP contribution in [0.2, 0.25) is 0 Å². The van der Waals surface area contributed by atoms with E-state index < -0.39 is 18.0 Å². The van der Waals surface area contributed by atoms with E-state index in [1.54, 1.807) is 7.05 Å². The number of anilines is 1. The lowest BCUT2D eigenvalue weighted by Gasteiger charge is -2.24. The fourth-order valence-corrected chi connectivity index (χ4v) is 3.47. The largest absolute Gasteiger partial charge is 0.341 e. The lowest BCUT2D eigenvalue weighted by molar-refractivity contribution is -0.894. The van der Waals surface area contributed by atoms with Crippen LogP contribution in [0.1, 0.15) is 28.3 Å². The van der Waals surface area contributed by atoms with Gasteiger partial charge in [-0.15, -0.1) is 0 Å². The van der Waals surface area contributed by atoms with Gasteiger partial charge in [-0.25, -0.2) is 4.79 Å². The number of aryl methyl sites for hydroxylation is 3. The summed E-state index contributed by atoms with van der Waals surface area (Å²) in [4.78, 5) is 37.7.